The number of benzene rings is 1. The summed E-state index contributed by atoms with van der Waals surface area (Å²) in [5.41, 5.74) is -0.488. The van der Waals surface area contributed by atoms with Gasteiger partial charge in [0, 0.05) is 19.2 Å². The van der Waals surface area contributed by atoms with Crippen LogP contribution in [0.1, 0.15) is 16.8 Å². The molecule has 0 bridgehead atoms. The molecular weight excluding hydrogens is 252 g/mol. The van der Waals surface area contributed by atoms with Gasteiger partial charge in [0.05, 0.1) is 4.92 Å². The summed E-state index contributed by atoms with van der Waals surface area (Å²) in [5, 5.41) is 20.0. The van der Waals surface area contributed by atoms with Crippen LogP contribution >= 0.6 is 0 Å². The van der Waals surface area contributed by atoms with Gasteiger partial charge in [-0.1, -0.05) is 6.07 Å². The minimum atomic E-state index is -1.23. The fourth-order valence-electron chi connectivity index (χ4n) is 2.12. The van der Waals surface area contributed by atoms with Crippen LogP contribution in [0.2, 0.25) is 0 Å². The van der Waals surface area contributed by atoms with Crippen LogP contribution in [0.4, 0.5) is 5.69 Å². The molecule has 2 rings (SSSR count). The van der Waals surface area contributed by atoms with Crippen LogP contribution < -0.4 is 4.74 Å². The maximum Gasteiger partial charge on any atom is 0.339 e. The number of likely N-dealkylation sites (tertiary alicyclic amines) is 1. The van der Waals surface area contributed by atoms with Gasteiger partial charge in [0.25, 0.3) is 0 Å². The van der Waals surface area contributed by atoms with Crippen LogP contribution in [0.3, 0.4) is 0 Å². The van der Waals surface area contributed by atoms with Gasteiger partial charge in [-0.25, -0.2) is 4.79 Å². The van der Waals surface area contributed by atoms with Crippen molar-refractivity contribution >= 4 is 11.7 Å². The Labute approximate surface area is 109 Å². The molecule has 0 spiro atoms. The van der Waals surface area contributed by atoms with Gasteiger partial charge in [0.15, 0.2) is 0 Å². The first-order valence-electron chi connectivity index (χ1n) is 5.85. The largest absolute Gasteiger partial charge is 0.481 e. The normalized spacial score (nSPS) is 19.3. The lowest BCUT2D eigenvalue weighted by atomic mass is 10.1. The quantitative estimate of drug-likeness (QED) is 0.653. The number of carboxylic acids is 1. The van der Waals surface area contributed by atoms with Crippen LogP contribution in [0.5, 0.6) is 5.75 Å². The lowest BCUT2D eigenvalue weighted by Gasteiger charge is -2.15. The maximum atomic E-state index is 11.1. The molecule has 1 saturated heterocycles. The number of hydrogen-bond donors (Lipinski definition) is 1. The molecule has 0 saturated carbocycles. The second-order valence-electron chi connectivity index (χ2n) is 4.51. The number of nitrogens with zero attached hydrogens (tertiary/aromatic N) is 2. The Hall–Kier alpha value is -2.15. The van der Waals surface area contributed by atoms with E-state index in [2.05, 4.69) is 0 Å². The summed E-state index contributed by atoms with van der Waals surface area (Å²) in [4.78, 5) is 23.5. The molecule has 1 atom stereocenters. The zero-order valence-electron chi connectivity index (χ0n) is 10.4. The molecule has 1 aliphatic rings. The first-order valence-corrected chi connectivity index (χ1v) is 5.85. The summed E-state index contributed by atoms with van der Waals surface area (Å²) < 4.78 is 5.57. The van der Waals surface area contributed by atoms with E-state index in [1.54, 1.807) is 0 Å². The standard InChI is InChI=1S/C12H14N2O5/c1-13-6-5-8(7-13)19-11-9(12(15)16)3-2-4-10(11)14(17)18/h2-4,8H,5-7H2,1H3,(H,15,16). The zero-order chi connectivity index (χ0) is 14.0. The lowest BCUT2D eigenvalue weighted by Crippen LogP contribution is -2.22. The van der Waals surface area contributed by atoms with Crippen molar-refractivity contribution in [3.63, 3.8) is 0 Å². The summed E-state index contributed by atoms with van der Waals surface area (Å²) in [7, 11) is 1.92. The lowest BCUT2D eigenvalue weighted by molar-refractivity contribution is -0.386. The van der Waals surface area contributed by atoms with Crippen molar-refractivity contribution in [2.75, 3.05) is 20.1 Å². The molecule has 1 aliphatic heterocycles. The van der Waals surface area contributed by atoms with E-state index < -0.39 is 10.9 Å². The molecule has 1 aromatic rings. The Bertz CT molecular complexity index is 485. The van der Waals surface area contributed by atoms with E-state index in [0.29, 0.717) is 6.54 Å². The van der Waals surface area contributed by atoms with E-state index >= 15 is 0 Å². The van der Waals surface area contributed by atoms with Crippen molar-refractivity contribution in [3.8, 4) is 5.75 Å². The zero-order valence-corrected chi connectivity index (χ0v) is 10.4. The van der Waals surface area contributed by atoms with Gasteiger partial charge in [-0.2, -0.15) is 0 Å². The Kier molecular flexibility index (Phi) is 3.66. The topological polar surface area (TPSA) is 92.9 Å². The molecule has 1 N–H and O–H groups in total. The number of ether oxygens (including phenoxy) is 1. The molecule has 102 valence electrons. The van der Waals surface area contributed by atoms with Gasteiger partial charge < -0.3 is 14.7 Å². The number of carboxylic acid groups (broad SMARTS) is 1. The maximum absolute atomic E-state index is 11.1. The van der Waals surface area contributed by atoms with Crippen molar-refractivity contribution in [2.24, 2.45) is 0 Å². The Morgan fingerprint density at radius 1 is 1.58 bits per heavy atom. The highest BCUT2D eigenvalue weighted by atomic mass is 16.6. The van der Waals surface area contributed by atoms with E-state index in [9.17, 15) is 14.9 Å². The predicted octanol–water partition coefficient (Wildman–Crippen LogP) is 1.38. The fraction of sp³-hybridized carbons (Fsp3) is 0.417. The number of nitro benzene ring substituents is 1. The van der Waals surface area contributed by atoms with Crippen LogP contribution in [-0.4, -0.2) is 47.1 Å². The molecule has 0 amide bonds. The SMILES string of the molecule is CN1CCC(Oc2c(C(=O)O)cccc2[N+](=O)[O-])C1. The summed E-state index contributed by atoms with van der Waals surface area (Å²) in [6.07, 6.45) is 0.505. The molecule has 0 aromatic heterocycles. The minimum Gasteiger partial charge on any atom is -0.481 e. The molecule has 19 heavy (non-hydrogen) atoms. The minimum absolute atomic E-state index is 0.152. The van der Waals surface area contributed by atoms with Gasteiger partial charge >= 0.3 is 11.7 Å². The smallest absolute Gasteiger partial charge is 0.339 e. The average Bonchev–Trinajstić information content (AvgIpc) is 2.74. The van der Waals surface area contributed by atoms with E-state index in [4.69, 9.17) is 9.84 Å². The van der Waals surface area contributed by atoms with Crippen molar-refractivity contribution in [2.45, 2.75) is 12.5 Å². The molecule has 7 nitrogen and oxygen atoms in total. The van der Waals surface area contributed by atoms with Crippen molar-refractivity contribution in [1.29, 1.82) is 0 Å². The van der Waals surface area contributed by atoms with E-state index in [0.717, 1.165) is 13.0 Å². The second-order valence-corrected chi connectivity index (χ2v) is 4.51. The molecule has 1 aromatic carbocycles. The van der Waals surface area contributed by atoms with E-state index in [-0.39, 0.29) is 23.1 Å². The number of nitro groups is 1. The molecule has 0 aliphatic carbocycles. The van der Waals surface area contributed by atoms with Crippen molar-refractivity contribution in [3.05, 3.63) is 33.9 Å². The molecule has 1 unspecified atom stereocenters. The highest BCUT2D eigenvalue weighted by Gasteiger charge is 2.28. The molecule has 0 radical (unpaired) electrons. The highest BCUT2D eigenvalue weighted by molar-refractivity contribution is 5.92. The summed E-state index contributed by atoms with van der Waals surface area (Å²) in [6, 6.07) is 3.90. The number of hydrogen-bond acceptors (Lipinski definition) is 5. The number of aromatic carboxylic acids is 1. The number of carbonyl (C=O) groups is 1. The van der Waals surface area contributed by atoms with Crippen LogP contribution in [0.25, 0.3) is 0 Å². The third-order valence-electron chi connectivity index (χ3n) is 3.05. The second kappa shape index (κ2) is 5.23. The van der Waals surface area contributed by atoms with E-state index in [1.807, 2.05) is 11.9 Å². The Morgan fingerprint density at radius 3 is 2.84 bits per heavy atom. The van der Waals surface area contributed by atoms with Gasteiger partial charge in [0.2, 0.25) is 5.75 Å². The van der Waals surface area contributed by atoms with Gasteiger partial charge in [0.1, 0.15) is 11.7 Å². The van der Waals surface area contributed by atoms with Crippen molar-refractivity contribution < 1.29 is 19.6 Å². The molecule has 1 heterocycles. The summed E-state index contributed by atoms with van der Waals surface area (Å²) >= 11 is 0. The highest BCUT2D eigenvalue weighted by Crippen LogP contribution is 2.32. The van der Waals surface area contributed by atoms with Gasteiger partial charge in [-0.05, 0) is 19.5 Å². The molecule has 1 fully saturated rings. The van der Waals surface area contributed by atoms with Crippen molar-refractivity contribution in [1.82, 2.24) is 4.90 Å². The summed E-state index contributed by atoms with van der Waals surface area (Å²) in [6.45, 7) is 1.46. The van der Waals surface area contributed by atoms with Crippen LogP contribution in [-0.2, 0) is 0 Å². The Morgan fingerprint density at radius 2 is 2.32 bits per heavy atom. The van der Waals surface area contributed by atoms with Crippen LogP contribution in [0, 0.1) is 10.1 Å². The van der Waals surface area contributed by atoms with Crippen LogP contribution in [0.15, 0.2) is 18.2 Å². The summed E-state index contributed by atoms with van der Waals surface area (Å²) in [5.74, 6) is -1.38. The number of rotatable bonds is 4. The first kappa shape index (κ1) is 13.3. The number of likely N-dealkylation sites (N-methyl/N-ethyl adjacent to an activating group) is 1. The first-order chi connectivity index (χ1) is 8.99. The molecule has 7 heteroatoms. The third-order valence-corrected chi connectivity index (χ3v) is 3.05. The van der Waals surface area contributed by atoms with Gasteiger partial charge in [-0.15, -0.1) is 0 Å². The monoisotopic (exact) mass is 266 g/mol. The predicted molar refractivity (Wildman–Crippen MR) is 66.6 cm³/mol. The number of para-hydroxylation sites is 1. The molecular formula is C12H14N2O5. The van der Waals surface area contributed by atoms with Gasteiger partial charge in [-0.3, -0.25) is 10.1 Å². The fourth-order valence-corrected chi connectivity index (χ4v) is 2.12. The average molecular weight is 266 g/mol. The third kappa shape index (κ3) is 2.82. The van der Waals surface area contributed by atoms with E-state index in [1.165, 1.54) is 18.2 Å². The Balaban J connectivity index is 2.35.